The first-order valence-corrected chi connectivity index (χ1v) is 6.40. The molecular weight excluding hydrogens is 327 g/mol. The van der Waals surface area contributed by atoms with Crippen LogP contribution in [0.4, 0.5) is 13.2 Å². The average Bonchev–Trinajstić information content (AvgIpc) is 2.21. The van der Waals surface area contributed by atoms with E-state index in [0.717, 1.165) is 19.0 Å². The van der Waals surface area contributed by atoms with E-state index in [0.29, 0.717) is 16.5 Å². The molecule has 0 bridgehead atoms. The number of rotatable bonds is 5. The standard InChI is InChI=1S/C12H15BrF3NO2/c1-17(2)5-3-4-8-6-9(13)7-10(11(8)18)19-12(14,15)16/h6-7,18H,3-5H2,1-2H3. The number of phenolic OH excluding ortho intramolecular Hbond substituents is 1. The Morgan fingerprint density at radius 2 is 1.95 bits per heavy atom. The molecule has 0 aromatic heterocycles. The van der Waals surface area contributed by atoms with Crippen molar-refractivity contribution in [1.82, 2.24) is 4.90 Å². The first-order chi connectivity index (χ1) is 8.69. The third kappa shape index (κ3) is 5.69. The molecule has 0 amide bonds. The van der Waals surface area contributed by atoms with Crippen molar-refractivity contribution in [3.63, 3.8) is 0 Å². The van der Waals surface area contributed by atoms with E-state index in [1.54, 1.807) is 6.07 Å². The van der Waals surface area contributed by atoms with Crippen molar-refractivity contribution in [1.29, 1.82) is 0 Å². The number of alkyl halides is 3. The first-order valence-electron chi connectivity index (χ1n) is 5.61. The number of nitrogens with zero attached hydrogens (tertiary/aromatic N) is 1. The van der Waals surface area contributed by atoms with Gasteiger partial charge in [-0.3, -0.25) is 0 Å². The molecule has 0 saturated heterocycles. The molecule has 1 aromatic carbocycles. The van der Waals surface area contributed by atoms with Crippen molar-refractivity contribution in [3.8, 4) is 11.5 Å². The number of phenols is 1. The molecule has 0 spiro atoms. The average molecular weight is 342 g/mol. The first kappa shape index (κ1) is 16.1. The van der Waals surface area contributed by atoms with Crippen LogP contribution >= 0.6 is 15.9 Å². The second kappa shape index (κ2) is 6.47. The Morgan fingerprint density at radius 1 is 1.32 bits per heavy atom. The van der Waals surface area contributed by atoms with E-state index in [2.05, 4.69) is 20.7 Å². The van der Waals surface area contributed by atoms with Crippen LogP contribution in [0.2, 0.25) is 0 Å². The molecule has 0 heterocycles. The third-order valence-electron chi connectivity index (χ3n) is 2.40. The van der Waals surface area contributed by atoms with Gasteiger partial charge in [0.15, 0.2) is 11.5 Å². The molecule has 0 radical (unpaired) electrons. The maximum absolute atomic E-state index is 12.2. The van der Waals surface area contributed by atoms with Crippen LogP contribution in [0.1, 0.15) is 12.0 Å². The molecule has 0 aliphatic heterocycles. The number of hydrogen-bond donors (Lipinski definition) is 1. The molecule has 108 valence electrons. The van der Waals surface area contributed by atoms with Crippen molar-refractivity contribution >= 4 is 15.9 Å². The summed E-state index contributed by atoms with van der Waals surface area (Å²) in [5, 5.41) is 9.78. The van der Waals surface area contributed by atoms with E-state index in [4.69, 9.17) is 0 Å². The summed E-state index contributed by atoms with van der Waals surface area (Å²) in [6.07, 6.45) is -3.63. The maximum Gasteiger partial charge on any atom is 0.573 e. The van der Waals surface area contributed by atoms with Crippen LogP contribution in [-0.4, -0.2) is 37.0 Å². The van der Waals surface area contributed by atoms with Crippen molar-refractivity contribution in [2.45, 2.75) is 19.2 Å². The second-order valence-electron chi connectivity index (χ2n) is 4.37. The zero-order chi connectivity index (χ0) is 14.6. The molecule has 0 fully saturated rings. The number of hydrogen-bond acceptors (Lipinski definition) is 3. The number of ether oxygens (including phenoxy) is 1. The topological polar surface area (TPSA) is 32.7 Å². The minimum atomic E-state index is -4.82. The van der Waals surface area contributed by atoms with E-state index < -0.39 is 17.9 Å². The van der Waals surface area contributed by atoms with Gasteiger partial charge in [-0.15, -0.1) is 13.2 Å². The molecule has 0 aliphatic carbocycles. The lowest BCUT2D eigenvalue weighted by Crippen LogP contribution is -2.17. The van der Waals surface area contributed by atoms with Crippen LogP contribution in [0.3, 0.4) is 0 Å². The summed E-state index contributed by atoms with van der Waals surface area (Å²) in [5.41, 5.74) is 0.426. The molecule has 1 N–H and O–H groups in total. The molecule has 0 unspecified atom stereocenters. The minimum Gasteiger partial charge on any atom is -0.504 e. The van der Waals surface area contributed by atoms with Gasteiger partial charge in [0.25, 0.3) is 0 Å². The summed E-state index contributed by atoms with van der Waals surface area (Å²) in [5.74, 6) is -1.04. The Kier molecular flexibility index (Phi) is 5.49. The highest BCUT2D eigenvalue weighted by Crippen LogP contribution is 2.37. The molecule has 1 aromatic rings. The second-order valence-corrected chi connectivity index (χ2v) is 5.28. The third-order valence-corrected chi connectivity index (χ3v) is 2.85. The van der Waals surface area contributed by atoms with Crippen LogP contribution in [0, 0.1) is 0 Å². The molecule has 0 aliphatic rings. The van der Waals surface area contributed by atoms with Gasteiger partial charge in [0.1, 0.15) is 0 Å². The summed E-state index contributed by atoms with van der Waals surface area (Å²) in [4.78, 5) is 1.96. The zero-order valence-corrected chi connectivity index (χ0v) is 12.2. The summed E-state index contributed by atoms with van der Waals surface area (Å²) in [6, 6.07) is 2.69. The van der Waals surface area contributed by atoms with Crippen molar-refractivity contribution in [3.05, 3.63) is 22.2 Å². The van der Waals surface area contributed by atoms with Gasteiger partial charge in [0.2, 0.25) is 0 Å². The molecular formula is C12H15BrF3NO2. The fraction of sp³-hybridized carbons (Fsp3) is 0.500. The zero-order valence-electron chi connectivity index (χ0n) is 10.6. The van der Waals surface area contributed by atoms with E-state index in [-0.39, 0.29) is 0 Å². The monoisotopic (exact) mass is 341 g/mol. The van der Waals surface area contributed by atoms with Crippen molar-refractivity contribution in [2.75, 3.05) is 20.6 Å². The largest absolute Gasteiger partial charge is 0.573 e. The van der Waals surface area contributed by atoms with E-state index in [9.17, 15) is 18.3 Å². The Labute approximate surface area is 118 Å². The van der Waals surface area contributed by atoms with Gasteiger partial charge in [-0.05, 0) is 51.2 Å². The lowest BCUT2D eigenvalue weighted by Gasteiger charge is -2.14. The summed E-state index contributed by atoms with van der Waals surface area (Å²) < 4.78 is 40.8. The van der Waals surface area contributed by atoms with Crippen LogP contribution in [0.5, 0.6) is 11.5 Å². The molecule has 0 atom stereocenters. The molecule has 0 saturated carbocycles. The highest BCUT2D eigenvalue weighted by atomic mass is 79.9. The maximum atomic E-state index is 12.2. The highest BCUT2D eigenvalue weighted by molar-refractivity contribution is 9.10. The predicted molar refractivity (Wildman–Crippen MR) is 69.4 cm³/mol. The Balaban J connectivity index is 2.87. The number of halogens is 4. The van der Waals surface area contributed by atoms with Gasteiger partial charge >= 0.3 is 6.36 Å². The fourth-order valence-electron chi connectivity index (χ4n) is 1.61. The van der Waals surface area contributed by atoms with Crippen molar-refractivity contribution in [2.24, 2.45) is 0 Å². The Hall–Kier alpha value is -0.950. The molecule has 19 heavy (non-hydrogen) atoms. The van der Waals surface area contributed by atoms with Gasteiger partial charge in [-0.2, -0.15) is 0 Å². The highest BCUT2D eigenvalue weighted by Gasteiger charge is 2.32. The van der Waals surface area contributed by atoms with Gasteiger partial charge in [0.05, 0.1) is 0 Å². The molecule has 7 heteroatoms. The summed E-state index contributed by atoms with van der Waals surface area (Å²) in [7, 11) is 3.80. The summed E-state index contributed by atoms with van der Waals surface area (Å²) in [6.45, 7) is 0.779. The van der Waals surface area contributed by atoms with Crippen LogP contribution < -0.4 is 4.74 Å². The lowest BCUT2D eigenvalue weighted by atomic mass is 10.1. The SMILES string of the molecule is CN(C)CCCc1cc(Br)cc(OC(F)(F)F)c1O. The smallest absolute Gasteiger partial charge is 0.504 e. The normalized spacial score (nSPS) is 11.9. The quantitative estimate of drug-likeness (QED) is 0.888. The minimum absolute atomic E-state index is 0.426. The van der Waals surface area contributed by atoms with Gasteiger partial charge in [0, 0.05) is 4.47 Å². The number of aryl methyl sites for hydroxylation is 1. The van der Waals surface area contributed by atoms with Gasteiger partial charge in [-0.1, -0.05) is 15.9 Å². The predicted octanol–water partition coefficient (Wildman–Crippen LogP) is 3.55. The summed E-state index contributed by atoms with van der Waals surface area (Å²) >= 11 is 3.11. The van der Waals surface area contributed by atoms with Crippen LogP contribution in [0.25, 0.3) is 0 Å². The van der Waals surface area contributed by atoms with E-state index in [1.165, 1.54) is 0 Å². The molecule has 1 rings (SSSR count). The van der Waals surface area contributed by atoms with Gasteiger partial charge < -0.3 is 14.7 Å². The Morgan fingerprint density at radius 3 is 2.47 bits per heavy atom. The van der Waals surface area contributed by atoms with Gasteiger partial charge in [-0.25, -0.2) is 0 Å². The van der Waals surface area contributed by atoms with Crippen molar-refractivity contribution < 1.29 is 23.0 Å². The fourth-order valence-corrected chi connectivity index (χ4v) is 2.09. The lowest BCUT2D eigenvalue weighted by molar-refractivity contribution is -0.275. The van der Waals surface area contributed by atoms with E-state index in [1.807, 2.05) is 19.0 Å². The van der Waals surface area contributed by atoms with Crippen LogP contribution in [-0.2, 0) is 6.42 Å². The number of benzene rings is 1. The Bertz CT molecular complexity index is 436. The van der Waals surface area contributed by atoms with E-state index >= 15 is 0 Å². The van der Waals surface area contributed by atoms with Crippen LogP contribution in [0.15, 0.2) is 16.6 Å². The number of aromatic hydroxyl groups is 1. The molecule has 3 nitrogen and oxygen atoms in total.